The van der Waals surface area contributed by atoms with Crippen LogP contribution in [0, 0.1) is 0 Å². The van der Waals surface area contributed by atoms with Gasteiger partial charge in [0, 0.05) is 45.8 Å². The lowest BCUT2D eigenvalue weighted by molar-refractivity contribution is -0.131. The Morgan fingerprint density at radius 3 is 2.48 bits per heavy atom. The molecule has 1 aromatic rings. The lowest BCUT2D eigenvalue weighted by Gasteiger charge is -2.33. The molecule has 0 radical (unpaired) electrons. The minimum absolute atomic E-state index is 0. The van der Waals surface area contributed by atoms with Crippen molar-refractivity contribution in [3.63, 3.8) is 0 Å². The summed E-state index contributed by atoms with van der Waals surface area (Å²) in [7, 11) is 1.94. The Bertz CT molecular complexity index is 662. The van der Waals surface area contributed by atoms with E-state index in [2.05, 4.69) is 48.3 Å². The minimum atomic E-state index is 0. The van der Waals surface area contributed by atoms with Gasteiger partial charge in [-0.15, -0.1) is 24.0 Å². The SMILES string of the molecule is CCNC(=NCC(C)N1CCc2ccccc2C1)N(C)CC(=O)N(CC)CC.I. The summed E-state index contributed by atoms with van der Waals surface area (Å²) in [5.41, 5.74) is 2.90. The number of amides is 1. The molecule has 0 bridgehead atoms. The third-order valence-electron chi connectivity index (χ3n) is 5.47. The van der Waals surface area contributed by atoms with Gasteiger partial charge in [0.2, 0.25) is 5.91 Å². The van der Waals surface area contributed by atoms with Gasteiger partial charge in [-0.2, -0.15) is 0 Å². The molecular weight excluding hydrogens is 477 g/mol. The molecule has 1 aliphatic heterocycles. The number of carbonyl (C=O) groups excluding carboxylic acids is 1. The van der Waals surface area contributed by atoms with Crippen LogP contribution < -0.4 is 5.32 Å². The molecule has 6 nitrogen and oxygen atoms in total. The number of nitrogens with zero attached hydrogens (tertiary/aromatic N) is 4. The number of aliphatic imine (C=N–C) groups is 1. The van der Waals surface area contributed by atoms with Gasteiger partial charge < -0.3 is 15.1 Å². The molecule has 1 unspecified atom stereocenters. The van der Waals surface area contributed by atoms with Crippen molar-refractivity contribution in [2.24, 2.45) is 4.99 Å². The predicted octanol–water partition coefficient (Wildman–Crippen LogP) is 2.82. The van der Waals surface area contributed by atoms with Gasteiger partial charge in [0.1, 0.15) is 0 Å². The second-order valence-corrected chi connectivity index (χ2v) is 7.45. The molecule has 7 heteroatoms. The number of hydrogen-bond acceptors (Lipinski definition) is 3. The lowest BCUT2D eigenvalue weighted by atomic mass is 9.99. The van der Waals surface area contributed by atoms with Crippen LogP contribution in [0.15, 0.2) is 29.3 Å². The molecule has 0 aliphatic carbocycles. The third-order valence-corrected chi connectivity index (χ3v) is 5.47. The van der Waals surface area contributed by atoms with Crippen LogP contribution in [0.1, 0.15) is 38.8 Å². The quantitative estimate of drug-likeness (QED) is 0.329. The molecule has 29 heavy (non-hydrogen) atoms. The average Bonchev–Trinajstić information content (AvgIpc) is 2.71. The number of halogens is 1. The van der Waals surface area contributed by atoms with Crippen LogP contribution >= 0.6 is 24.0 Å². The molecule has 1 N–H and O–H groups in total. The summed E-state index contributed by atoms with van der Waals surface area (Å²) in [5, 5.41) is 3.32. The maximum Gasteiger partial charge on any atom is 0.242 e. The van der Waals surface area contributed by atoms with Crippen molar-refractivity contribution in [2.45, 2.75) is 46.7 Å². The number of benzene rings is 1. The summed E-state index contributed by atoms with van der Waals surface area (Å²) >= 11 is 0. The summed E-state index contributed by atoms with van der Waals surface area (Å²) < 4.78 is 0. The lowest BCUT2D eigenvalue weighted by Crippen LogP contribution is -2.46. The van der Waals surface area contributed by atoms with Gasteiger partial charge in [0.15, 0.2) is 5.96 Å². The second-order valence-electron chi connectivity index (χ2n) is 7.45. The highest BCUT2D eigenvalue weighted by Gasteiger charge is 2.21. The van der Waals surface area contributed by atoms with Crippen molar-refractivity contribution in [3.05, 3.63) is 35.4 Å². The predicted molar refractivity (Wildman–Crippen MR) is 132 cm³/mol. The number of rotatable bonds is 8. The van der Waals surface area contributed by atoms with Crippen molar-refractivity contribution in [1.82, 2.24) is 20.0 Å². The Kier molecular flexibility index (Phi) is 11.6. The molecule has 0 saturated carbocycles. The van der Waals surface area contributed by atoms with E-state index in [1.165, 1.54) is 11.1 Å². The topological polar surface area (TPSA) is 51.2 Å². The van der Waals surface area contributed by atoms with Gasteiger partial charge in [-0.3, -0.25) is 14.7 Å². The van der Waals surface area contributed by atoms with Crippen LogP contribution in [0.25, 0.3) is 0 Å². The molecule has 0 saturated heterocycles. The Balaban J connectivity index is 0.00000420. The first kappa shape index (κ1) is 25.7. The van der Waals surface area contributed by atoms with E-state index in [0.29, 0.717) is 19.1 Å². The minimum Gasteiger partial charge on any atom is -0.357 e. The fourth-order valence-corrected chi connectivity index (χ4v) is 3.65. The zero-order chi connectivity index (χ0) is 20.5. The van der Waals surface area contributed by atoms with Gasteiger partial charge in [0.05, 0.1) is 13.1 Å². The van der Waals surface area contributed by atoms with E-state index in [4.69, 9.17) is 4.99 Å². The van der Waals surface area contributed by atoms with Crippen LogP contribution in [0.3, 0.4) is 0 Å². The fourth-order valence-electron chi connectivity index (χ4n) is 3.65. The maximum absolute atomic E-state index is 12.4. The Hall–Kier alpha value is -1.35. The van der Waals surface area contributed by atoms with Crippen molar-refractivity contribution < 1.29 is 4.79 Å². The molecule has 0 spiro atoms. The van der Waals surface area contributed by atoms with E-state index in [9.17, 15) is 4.79 Å². The highest BCUT2D eigenvalue weighted by molar-refractivity contribution is 14.0. The monoisotopic (exact) mass is 515 g/mol. The number of likely N-dealkylation sites (N-methyl/N-ethyl adjacent to an activating group) is 2. The molecule has 1 atom stereocenters. The number of hydrogen-bond donors (Lipinski definition) is 1. The highest BCUT2D eigenvalue weighted by Crippen LogP contribution is 2.20. The van der Waals surface area contributed by atoms with Crippen LogP contribution in [0.5, 0.6) is 0 Å². The summed E-state index contributed by atoms with van der Waals surface area (Å²) in [6, 6.07) is 9.07. The number of guanidine groups is 1. The molecule has 2 rings (SSSR count). The largest absolute Gasteiger partial charge is 0.357 e. The van der Waals surface area contributed by atoms with Crippen molar-refractivity contribution in [3.8, 4) is 0 Å². The van der Waals surface area contributed by atoms with Gasteiger partial charge in [0.25, 0.3) is 0 Å². The van der Waals surface area contributed by atoms with E-state index in [-0.39, 0.29) is 29.9 Å². The van der Waals surface area contributed by atoms with Crippen molar-refractivity contribution in [2.75, 3.05) is 46.3 Å². The molecule has 1 amide bonds. The first-order valence-electron chi connectivity index (χ1n) is 10.6. The average molecular weight is 515 g/mol. The first-order chi connectivity index (χ1) is 13.5. The number of fused-ring (bicyclic) bond motifs is 1. The van der Waals surface area contributed by atoms with Gasteiger partial charge in [-0.05, 0) is 45.2 Å². The van der Waals surface area contributed by atoms with Crippen molar-refractivity contribution >= 4 is 35.8 Å². The zero-order valence-corrected chi connectivity index (χ0v) is 21.0. The standard InChI is InChI=1S/C22H37N5O.HI/c1-6-23-22(25(5)17-21(28)26(7-2)8-3)24-15-18(4)27-14-13-19-11-9-10-12-20(19)16-27;/h9-12,18H,6-8,13-17H2,1-5H3,(H,23,24);1H. The Labute approximate surface area is 193 Å². The van der Waals surface area contributed by atoms with Gasteiger partial charge >= 0.3 is 0 Å². The molecule has 1 aliphatic rings. The van der Waals surface area contributed by atoms with Crippen LogP contribution in [0.4, 0.5) is 0 Å². The molecule has 1 heterocycles. The summed E-state index contributed by atoms with van der Waals surface area (Å²) in [4.78, 5) is 23.5. The first-order valence-corrected chi connectivity index (χ1v) is 10.6. The van der Waals surface area contributed by atoms with Crippen LogP contribution in [-0.2, 0) is 17.8 Å². The zero-order valence-electron chi connectivity index (χ0n) is 18.6. The molecule has 164 valence electrons. The number of carbonyl (C=O) groups is 1. The number of nitrogens with one attached hydrogen (secondary N) is 1. The smallest absolute Gasteiger partial charge is 0.242 e. The molecule has 0 aromatic heterocycles. The highest BCUT2D eigenvalue weighted by atomic mass is 127. The van der Waals surface area contributed by atoms with Gasteiger partial charge in [-0.25, -0.2) is 0 Å². The van der Waals surface area contributed by atoms with Crippen molar-refractivity contribution in [1.29, 1.82) is 0 Å². The molecule has 0 fully saturated rings. The van der Waals surface area contributed by atoms with E-state index < -0.39 is 0 Å². The van der Waals surface area contributed by atoms with E-state index >= 15 is 0 Å². The van der Waals surface area contributed by atoms with Crippen LogP contribution in [0.2, 0.25) is 0 Å². The Morgan fingerprint density at radius 1 is 1.21 bits per heavy atom. The Morgan fingerprint density at radius 2 is 1.86 bits per heavy atom. The van der Waals surface area contributed by atoms with E-state index in [0.717, 1.165) is 45.1 Å². The fraction of sp³-hybridized carbons (Fsp3) is 0.636. The summed E-state index contributed by atoms with van der Waals surface area (Å²) in [5.74, 6) is 0.936. The van der Waals surface area contributed by atoms with Crippen LogP contribution in [-0.4, -0.2) is 78.9 Å². The third kappa shape index (κ3) is 7.44. The van der Waals surface area contributed by atoms with Gasteiger partial charge in [-0.1, -0.05) is 24.3 Å². The molecule has 1 aromatic carbocycles. The van der Waals surface area contributed by atoms with E-state index in [1.54, 1.807) is 0 Å². The summed E-state index contributed by atoms with van der Waals surface area (Å²) in [6.07, 6.45) is 1.10. The normalized spacial score (nSPS) is 15.1. The second kappa shape index (κ2) is 13.1. The maximum atomic E-state index is 12.4. The van der Waals surface area contributed by atoms with E-state index in [1.807, 2.05) is 30.7 Å². The molecular formula is C22H38IN5O. The summed E-state index contributed by atoms with van der Waals surface area (Å²) in [6.45, 7) is 13.7.